The lowest BCUT2D eigenvalue weighted by molar-refractivity contribution is 1.87. The van der Waals surface area contributed by atoms with Crippen LogP contribution >= 0.6 is 11.6 Å². The Morgan fingerprint density at radius 3 is 2.38 bits per heavy atom. The summed E-state index contributed by atoms with van der Waals surface area (Å²) in [6.45, 7) is 0. The van der Waals surface area contributed by atoms with Crippen molar-refractivity contribution in [2.75, 3.05) is 5.73 Å². The average Bonchev–Trinajstić information content (AvgIpc) is 2.39. The maximum absolute atomic E-state index is 5.69. The number of rotatable bonds is 0. The van der Waals surface area contributed by atoms with Crippen molar-refractivity contribution < 1.29 is 0 Å². The molecule has 0 amide bonds. The maximum atomic E-state index is 5.69. The van der Waals surface area contributed by atoms with E-state index < -0.39 is 0 Å². The number of hydrogen-bond donors (Lipinski definition) is 1. The van der Waals surface area contributed by atoms with E-state index in [1.165, 1.54) is 5.56 Å². The standard InChI is InChI=1S/C6H4ClN/c7-6-4-1-3(4)2-5(6)8/h1-2H,8H2. The van der Waals surface area contributed by atoms with Gasteiger partial charge in [-0.3, -0.25) is 0 Å². The van der Waals surface area contributed by atoms with E-state index in [9.17, 15) is 0 Å². The SMILES string of the molecule is Nc1cc2cc-2c1Cl. The number of benzene rings is 1. The highest BCUT2D eigenvalue weighted by Gasteiger charge is 2.19. The zero-order valence-corrected chi connectivity index (χ0v) is 4.87. The normalized spacial score (nSPS) is 11.6. The second-order valence-corrected chi connectivity index (χ2v) is 2.30. The van der Waals surface area contributed by atoms with Crippen LogP contribution in [-0.2, 0) is 0 Å². The van der Waals surface area contributed by atoms with E-state index in [1.807, 2.05) is 12.1 Å². The molecule has 0 saturated heterocycles. The van der Waals surface area contributed by atoms with Crippen LogP contribution < -0.4 is 5.73 Å². The molecule has 2 heteroatoms. The summed E-state index contributed by atoms with van der Waals surface area (Å²) >= 11 is 5.69. The van der Waals surface area contributed by atoms with Crippen LogP contribution in [0.2, 0.25) is 5.02 Å². The zero-order valence-electron chi connectivity index (χ0n) is 4.11. The Morgan fingerprint density at radius 1 is 1.38 bits per heavy atom. The second kappa shape index (κ2) is 1.00. The van der Waals surface area contributed by atoms with E-state index >= 15 is 0 Å². The van der Waals surface area contributed by atoms with Gasteiger partial charge in [0.15, 0.2) is 0 Å². The van der Waals surface area contributed by atoms with Crippen molar-refractivity contribution in [1.82, 2.24) is 0 Å². The van der Waals surface area contributed by atoms with E-state index in [-0.39, 0.29) is 0 Å². The van der Waals surface area contributed by atoms with Crippen LogP contribution in [0.15, 0.2) is 12.1 Å². The van der Waals surface area contributed by atoms with Crippen LogP contribution in [0.25, 0.3) is 11.1 Å². The van der Waals surface area contributed by atoms with Crippen LogP contribution in [0.1, 0.15) is 0 Å². The third-order valence-electron chi connectivity index (χ3n) is 1.33. The molecule has 0 unspecified atom stereocenters. The molecule has 0 bridgehead atoms. The van der Waals surface area contributed by atoms with Gasteiger partial charge in [-0.1, -0.05) is 11.6 Å². The van der Waals surface area contributed by atoms with E-state index in [1.54, 1.807) is 0 Å². The molecule has 8 heavy (non-hydrogen) atoms. The summed E-state index contributed by atoms with van der Waals surface area (Å²) in [4.78, 5) is 0. The van der Waals surface area contributed by atoms with Crippen LogP contribution in [0.3, 0.4) is 0 Å². The van der Waals surface area contributed by atoms with Gasteiger partial charge in [-0.05, 0) is 17.7 Å². The number of hydrogen-bond acceptors (Lipinski definition) is 1. The maximum Gasteiger partial charge on any atom is 0.0714 e. The minimum atomic E-state index is 0.708. The van der Waals surface area contributed by atoms with Gasteiger partial charge in [0.2, 0.25) is 0 Å². The van der Waals surface area contributed by atoms with Crippen molar-refractivity contribution in [3.05, 3.63) is 17.2 Å². The number of anilines is 1. The smallest absolute Gasteiger partial charge is 0.0714 e. The monoisotopic (exact) mass is 125 g/mol. The molecule has 2 aliphatic carbocycles. The first-order chi connectivity index (χ1) is 3.79. The van der Waals surface area contributed by atoms with Crippen molar-refractivity contribution in [3.8, 4) is 11.1 Å². The van der Waals surface area contributed by atoms with Gasteiger partial charge in [0, 0.05) is 5.56 Å². The van der Waals surface area contributed by atoms with Crippen molar-refractivity contribution in [2.24, 2.45) is 0 Å². The summed E-state index contributed by atoms with van der Waals surface area (Å²) in [5, 5.41) is 0.722. The molecule has 0 spiro atoms. The zero-order chi connectivity index (χ0) is 5.72. The molecular weight excluding hydrogens is 122 g/mol. The average molecular weight is 126 g/mol. The van der Waals surface area contributed by atoms with Gasteiger partial charge in [0.1, 0.15) is 0 Å². The van der Waals surface area contributed by atoms with E-state index in [2.05, 4.69) is 0 Å². The summed E-state index contributed by atoms with van der Waals surface area (Å²) in [6, 6.07) is 3.90. The predicted molar refractivity (Wildman–Crippen MR) is 34.9 cm³/mol. The van der Waals surface area contributed by atoms with Gasteiger partial charge in [-0.25, -0.2) is 0 Å². The molecule has 40 valence electrons. The highest BCUT2D eigenvalue weighted by atomic mass is 35.5. The summed E-state index contributed by atoms with van der Waals surface area (Å²) in [7, 11) is 0. The summed E-state index contributed by atoms with van der Waals surface area (Å²) in [5.74, 6) is 0. The van der Waals surface area contributed by atoms with Crippen molar-refractivity contribution in [2.45, 2.75) is 0 Å². The lowest BCUT2D eigenvalue weighted by Gasteiger charge is -1.81. The molecule has 0 aromatic rings. The fourth-order valence-corrected chi connectivity index (χ4v) is 1.03. The fourth-order valence-electron chi connectivity index (χ4n) is 0.815. The molecule has 1 nitrogen and oxygen atoms in total. The minimum Gasteiger partial charge on any atom is -0.397 e. The number of nitrogens with two attached hydrogens (primary N) is 1. The van der Waals surface area contributed by atoms with Crippen molar-refractivity contribution >= 4 is 17.3 Å². The topological polar surface area (TPSA) is 26.0 Å². The third kappa shape index (κ3) is 0.329. The molecule has 0 aromatic carbocycles. The Balaban J connectivity index is 2.74. The van der Waals surface area contributed by atoms with Crippen LogP contribution in [0.4, 0.5) is 5.69 Å². The second-order valence-electron chi connectivity index (χ2n) is 1.93. The molecule has 0 aromatic heterocycles. The van der Waals surface area contributed by atoms with Gasteiger partial charge in [0.05, 0.1) is 10.7 Å². The quantitative estimate of drug-likeness (QED) is 0.535. The lowest BCUT2D eigenvalue weighted by Crippen LogP contribution is -1.78. The Hall–Kier alpha value is -0.690. The Morgan fingerprint density at radius 2 is 2.12 bits per heavy atom. The molecule has 2 aliphatic rings. The molecule has 0 saturated carbocycles. The summed E-state index contributed by atoms with van der Waals surface area (Å²) in [6.07, 6.45) is 0. The van der Waals surface area contributed by atoms with Crippen LogP contribution in [0.5, 0.6) is 0 Å². The third-order valence-corrected chi connectivity index (χ3v) is 1.75. The molecule has 0 aliphatic heterocycles. The van der Waals surface area contributed by atoms with Gasteiger partial charge >= 0.3 is 0 Å². The first-order valence-corrected chi connectivity index (χ1v) is 2.76. The first kappa shape index (κ1) is 4.21. The summed E-state index contributed by atoms with van der Waals surface area (Å²) < 4.78 is 0. The molecule has 0 fully saturated rings. The molecule has 2 N–H and O–H groups in total. The van der Waals surface area contributed by atoms with E-state index in [0.29, 0.717) is 5.69 Å². The van der Waals surface area contributed by atoms with Crippen LogP contribution in [-0.4, -0.2) is 0 Å². The highest BCUT2D eigenvalue weighted by Crippen LogP contribution is 2.45. The molecule has 2 rings (SSSR count). The molecule has 0 atom stereocenters. The molecule has 0 heterocycles. The van der Waals surface area contributed by atoms with Crippen molar-refractivity contribution in [1.29, 1.82) is 0 Å². The van der Waals surface area contributed by atoms with E-state index in [4.69, 9.17) is 17.3 Å². The number of nitrogen functional groups attached to an aromatic ring is 1. The predicted octanol–water partition coefficient (Wildman–Crippen LogP) is 1.90. The number of fused-ring (bicyclic) bond motifs is 1. The van der Waals surface area contributed by atoms with Crippen LogP contribution in [0, 0.1) is 0 Å². The number of halogens is 1. The Kier molecular flexibility index (Phi) is 0.529. The Bertz CT molecular complexity index is 255. The van der Waals surface area contributed by atoms with Crippen molar-refractivity contribution in [3.63, 3.8) is 0 Å². The summed E-state index contributed by atoms with van der Waals surface area (Å²) in [5.41, 5.74) is 8.47. The minimum absolute atomic E-state index is 0.708. The Labute approximate surface area is 52.1 Å². The van der Waals surface area contributed by atoms with Gasteiger partial charge in [-0.2, -0.15) is 0 Å². The fraction of sp³-hybridized carbons (Fsp3) is 0. The van der Waals surface area contributed by atoms with Gasteiger partial charge < -0.3 is 5.73 Å². The lowest BCUT2D eigenvalue weighted by atomic mass is 10.5. The highest BCUT2D eigenvalue weighted by molar-refractivity contribution is 6.38. The first-order valence-electron chi connectivity index (χ1n) is 2.38. The largest absolute Gasteiger partial charge is 0.397 e. The molecule has 0 radical (unpaired) electrons. The van der Waals surface area contributed by atoms with E-state index in [0.717, 1.165) is 10.6 Å². The molecular formula is C6H4ClN. The van der Waals surface area contributed by atoms with Gasteiger partial charge in [0.25, 0.3) is 0 Å². The van der Waals surface area contributed by atoms with Gasteiger partial charge in [-0.15, -0.1) is 0 Å².